The molecular weight excluding hydrogens is 239 g/mol. The van der Waals surface area contributed by atoms with Crippen molar-refractivity contribution in [2.45, 2.75) is 50.9 Å². The summed E-state index contributed by atoms with van der Waals surface area (Å²) in [6.45, 7) is 0. The molecule has 3 rings (SSSR count). The zero-order chi connectivity index (χ0) is 9.38. The van der Waals surface area contributed by atoms with Crippen molar-refractivity contribution >= 4 is 14.7 Å². The van der Waals surface area contributed by atoms with Gasteiger partial charge in [-0.3, -0.25) is 0 Å². The van der Waals surface area contributed by atoms with Crippen LogP contribution in [0.3, 0.4) is 0 Å². The van der Waals surface area contributed by atoms with Crippen LogP contribution in [0.15, 0.2) is 0 Å². The topological polar surface area (TPSA) is 25.8 Å². The van der Waals surface area contributed by atoms with Gasteiger partial charge in [-0.15, -0.1) is 0 Å². The van der Waals surface area contributed by atoms with Crippen LogP contribution in [0.2, 0.25) is 0 Å². The molecule has 1 saturated carbocycles. The molecule has 0 N–H and O–H groups in total. The van der Waals surface area contributed by atoms with Crippen LogP contribution in [0.1, 0.15) is 54.6 Å². The summed E-state index contributed by atoms with van der Waals surface area (Å²) < 4.78 is 5.89. The number of aromatic nitrogens is 2. The number of hydrogen-bond acceptors (Lipinski definition) is 2. The molecule has 0 amide bonds. The van der Waals surface area contributed by atoms with E-state index in [1.165, 1.54) is 50.6 Å². The van der Waals surface area contributed by atoms with Gasteiger partial charge in [0, 0.05) is 0 Å². The minimum absolute atomic E-state index is 0.377. The molecule has 3 heteroatoms. The first kappa shape index (κ1) is 9.11. The summed E-state index contributed by atoms with van der Waals surface area (Å²) in [5.74, 6) is 1.81. The monoisotopic (exact) mass is 256 g/mol. The van der Waals surface area contributed by atoms with Gasteiger partial charge in [0.25, 0.3) is 0 Å². The molecule has 2 atom stereocenters. The number of hydrogen-bond donors (Lipinski definition) is 0. The van der Waals surface area contributed by atoms with Gasteiger partial charge in [0.2, 0.25) is 0 Å². The Kier molecular flexibility index (Phi) is 2.46. The molecule has 0 aromatic carbocycles. The van der Waals surface area contributed by atoms with Crippen LogP contribution in [-0.2, 0) is 6.42 Å². The summed E-state index contributed by atoms with van der Waals surface area (Å²) in [6.07, 6.45) is 9.86. The Bertz CT molecular complexity index is 321. The van der Waals surface area contributed by atoms with E-state index in [1.807, 2.05) is 0 Å². The third-order valence-corrected chi connectivity index (χ3v) is 5.26. The summed E-state index contributed by atoms with van der Waals surface area (Å²) in [5.41, 5.74) is 1.43. The van der Waals surface area contributed by atoms with Crippen molar-refractivity contribution < 1.29 is 0 Å². The average molecular weight is 255 g/mol. The van der Waals surface area contributed by atoms with Crippen LogP contribution in [0, 0.1) is 5.92 Å². The van der Waals surface area contributed by atoms with Crippen molar-refractivity contribution in [1.29, 1.82) is 0 Å². The Morgan fingerprint density at radius 2 is 2.07 bits per heavy atom. The average Bonchev–Trinajstić information content (AvgIpc) is 2.82. The van der Waals surface area contributed by atoms with E-state index in [2.05, 4.69) is 9.19 Å². The van der Waals surface area contributed by atoms with Crippen molar-refractivity contribution in [2.75, 3.05) is 0 Å². The first-order valence-corrected chi connectivity index (χ1v) is 7.38. The van der Waals surface area contributed by atoms with Crippen LogP contribution >= 0.6 is 0 Å². The first-order valence-electron chi connectivity index (χ1n) is 5.76. The molecule has 0 unspecified atom stereocenters. The van der Waals surface area contributed by atoms with Crippen molar-refractivity contribution in [3.8, 4) is 0 Å². The second kappa shape index (κ2) is 3.79. The van der Waals surface area contributed by atoms with Crippen molar-refractivity contribution in [2.24, 2.45) is 5.92 Å². The Morgan fingerprint density at radius 3 is 3.07 bits per heavy atom. The Morgan fingerprint density at radius 1 is 1.14 bits per heavy atom. The van der Waals surface area contributed by atoms with Gasteiger partial charge < -0.3 is 0 Å². The molecule has 0 saturated heterocycles. The van der Waals surface area contributed by atoms with E-state index in [0.717, 1.165) is 11.8 Å². The fraction of sp³-hybridized carbons (Fsp3) is 0.818. The van der Waals surface area contributed by atoms with Gasteiger partial charge in [0.15, 0.2) is 0 Å². The first-order chi connectivity index (χ1) is 6.95. The molecule has 2 aliphatic carbocycles. The maximum absolute atomic E-state index is 4.39. The molecule has 1 heterocycles. The van der Waals surface area contributed by atoms with E-state index in [9.17, 15) is 0 Å². The van der Waals surface area contributed by atoms with Gasteiger partial charge in [-0.25, -0.2) is 0 Å². The SMILES string of the molecule is C1CCC[C@H]2C[C@@H]2c2nn[se]c2CC1. The van der Waals surface area contributed by atoms with E-state index in [4.69, 9.17) is 0 Å². The molecule has 0 bridgehead atoms. The molecule has 0 spiro atoms. The maximum atomic E-state index is 4.39. The molecule has 0 radical (unpaired) electrons. The van der Waals surface area contributed by atoms with Crippen LogP contribution in [0.25, 0.3) is 0 Å². The van der Waals surface area contributed by atoms with Gasteiger partial charge in [0.05, 0.1) is 0 Å². The van der Waals surface area contributed by atoms with E-state index in [1.54, 1.807) is 4.44 Å². The van der Waals surface area contributed by atoms with Gasteiger partial charge >= 0.3 is 90.8 Å². The summed E-state index contributed by atoms with van der Waals surface area (Å²) in [5, 5.41) is 4.39. The van der Waals surface area contributed by atoms with Crippen LogP contribution in [0.5, 0.6) is 0 Å². The fourth-order valence-electron chi connectivity index (χ4n) is 2.62. The second-order valence-corrected chi connectivity index (χ2v) is 6.40. The predicted octanol–water partition coefficient (Wildman–Crippen LogP) is 2.14. The van der Waals surface area contributed by atoms with E-state index >= 15 is 0 Å². The number of nitrogens with zero attached hydrogens (tertiary/aromatic N) is 2. The third-order valence-electron chi connectivity index (χ3n) is 3.59. The quantitative estimate of drug-likeness (QED) is 0.664. The molecule has 1 aromatic heterocycles. The van der Waals surface area contributed by atoms with Gasteiger partial charge in [-0.2, -0.15) is 0 Å². The molecule has 1 fully saturated rings. The predicted molar refractivity (Wildman–Crippen MR) is 56.6 cm³/mol. The normalized spacial score (nSPS) is 31.7. The van der Waals surface area contributed by atoms with Crippen molar-refractivity contribution in [1.82, 2.24) is 9.19 Å². The molecule has 76 valence electrons. The van der Waals surface area contributed by atoms with Gasteiger partial charge in [0.1, 0.15) is 0 Å². The molecular formula is C11H16N2Se. The minimum atomic E-state index is 0.377. The third kappa shape index (κ3) is 1.68. The Balaban J connectivity index is 1.82. The number of rotatable bonds is 0. The van der Waals surface area contributed by atoms with Crippen LogP contribution in [0.4, 0.5) is 0 Å². The zero-order valence-electron chi connectivity index (χ0n) is 8.41. The summed E-state index contributed by atoms with van der Waals surface area (Å²) in [7, 11) is 0. The summed E-state index contributed by atoms with van der Waals surface area (Å²) in [6, 6.07) is 0. The van der Waals surface area contributed by atoms with Gasteiger partial charge in [-0.1, -0.05) is 0 Å². The number of fused-ring (bicyclic) bond motifs is 3. The number of aryl methyl sites for hydroxylation is 1. The summed E-state index contributed by atoms with van der Waals surface area (Å²) in [4.78, 5) is 0. The summed E-state index contributed by atoms with van der Waals surface area (Å²) >= 11 is 0.377. The van der Waals surface area contributed by atoms with E-state index in [-0.39, 0.29) is 0 Å². The van der Waals surface area contributed by atoms with E-state index < -0.39 is 0 Å². The van der Waals surface area contributed by atoms with E-state index in [0.29, 0.717) is 14.7 Å². The molecule has 2 nitrogen and oxygen atoms in total. The van der Waals surface area contributed by atoms with Crippen LogP contribution < -0.4 is 0 Å². The standard InChI is InChI=1S/C11H16N2Se/c1-2-4-6-10-11(12-13-14-10)9-7-8(9)5-3-1/h8-9H,1-7H2/t8-,9-/m0/s1. The molecule has 1 aromatic rings. The molecule has 2 aliphatic rings. The second-order valence-electron chi connectivity index (χ2n) is 4.64. The molecule has 0 aliphatic heterocycles. The van der Waals surface area contributed by atoms with Crippen molar-refractivity contribution in [3.05, 3.63) is 10.1 Å². The van der Waals surface area contributed by atoms with Gasteiger partial charge in [-0.05, 0) is 0 Å². The fourth-order valence-corrected chi connectivity index (χ4v) is 4.19. The molecule has 14 heavy (non-hydrogen) atoms. The Labute approximate surface area is 91.1 Å². The van der Waals surface area contributed by atoms with Crippen molar-refractivity contribution in [3.63, 3.8) is 0 Å². The Hall–Kier alpha value is -0.141. The zero-order valence-corrected chi connectivity index (χ0v) is 10.1. The van der Waals surface area contributed by atoms with Crippen LogP contribution in [-0.4, -0.2) is 23.9 Å².